The molecule has 0 atom stereocenters. The first-order valence-electron chi connectivity index (χ1n) is 6.24. The summed E-state index contributed by atoms with van der Waals surface area (Å²) in [7, 11) is 3.15. The fourth-order valence-corrected chi connectivity index (χ4v) is 2.67. The maximum Gasteiger partial charge on any atom is 0.348 e. The zero-order valence-corrected chi connectivity index (χ0v) is 12.6. The molecule has 0 aliphatic carbocycles. The van der Waals surface area contributed by atoms with Crippen LogP contribution in [0, 0.1) is 11.3 Å². The van der Waals surface area contributed by atoms with Crippen molar-refractivity contribution in [2.24, 2.45) is 7.05 Å². The molecule has 1 heterocycles. The molecular weight excluding hydrogens is 284 g/mol. The lowest BCUT2D eigenvalue weighted by atomic mass is 10.2. The first-order chi connectivity index (χ1) is 10.2. The Balaban J connectivity index is 2.27. The highest BCUT2D eigenvalue weighted by Gasteiger charge is 2.11. The number of carbonyl (C=O) groups is 1. The predicted octanol–water partition coefficient (Wildman–Crippen LogP) is 3.26. The van der Waals surface area contributed by atoms with Crippen molar-refractivity contribution in [2.75, 3.05) is 7.11 Å². The second-order valence-corrected chi connectivity index (χ2v) is 5.33. The van der Waals surface area contributed by atoms with E-state index in [2.05, 4.69) is 4.74 Å². The number of hydrogen-bond acceptors (Lipinski definition) is 4. The van der Waals surface area contributed by atoms with Crippen molar-refractivity contribution in [3.8, 4) is 6.07 Å². The Morgan fingerprint density at radius 1 is 1.29 bits per heavy atom. The van der Waals surface area contributed by atoms with E-state index in [0.29, 0.717) is 0 Å². The summed E-state index contributed by atoms with van der Waals surface area (Å²) < 4.78 is 6.50. The number of benzene rings is 1. The van der Waals surface area contributed by atoms with Gasteiger partial charge in [0.05, 0.1) is 12.1 Å². The molecule has 106 valence electrons. The molecule has 0 N–H and O–H groups in total. The summed E-state index contributed by atoms with van der Waals surface area (Å²) in [5, 5.41) is 10.0. The highest BCUT2D eigenvalue weighted by molar-refractivity contribution is 7.99. The van der Waals surface area contributed by atoms with Crippen LogP contribution in [0.25, 0.3) is 6.08 Å². The van der Waals surface area contributed by atoms with Crippen molar-refractivity contribution in [3.63, 3.8) is 0 Å². The minimum atomic E-state index is -0.629. The largest absolute Gasteiger partial charge is 0.465 e. The van der Waals surface area contributed by atoms with E-state index in [0.717, 1.165) is 15.6 Å². The molecule has 21 heavy (non-hydrogen) atoms. The quantitative estimate of drug-likeness (QED) is 0.494. The third-order valence-corrected chi connectivity index (χ3v) is 4.03. The van der Waals surface area contributed by atoms with Crippen LogP contribution in [0.2, 0.25) is 0 Å². The Bertz CT molecular complexity index is 712. The van der Waals surface area contributed by atoms with Gasteiger partial charge in [-0.3, -0.25) is 0 Å². The van der Waals surface area contributed by atoms with E-state index in [4.69, 9.17) is 5.26 Å². The molecule has 2 rings (SSSR count). The number of nitriles is 1. The lowest BCUT2D eigenvalue weighted by Crippen LogP contribution is -2.03. The maximum absolute atomic E-state index is 11.4. The Kier molecular flexibility index (Phi) is 4.85. The number of carbonyl (C=O) groups excluding carboxylic acids is 1. The third-order valence-electron chi connectivity index (χ3n) is 2.90. The summed E-state index contributed by atoms with van der Waals surface area (Å²) in [4.78, 5) is 12.6. The molecule has 0 spiro atoms. The lowest BCUT2D eigenvalue weighted by Gasteiger charge is -2.05. The van der Waals surface area contributed by atoms with Crippen LogP contribution in [-0.2, 0) is 16.6 Å². The number of rotatable bonds is 4. The summed E-state index contributed by atoms with van der Waals surface area (Å²) in [6.07, 6.45) is 1.53. The van der Waals surface area contributed by atoms with Crippen LogP contribution < -0.4 is 0 Å². The first kappa shape index (κ1) is 14.9. The van der Waals surface area contributed by atoms with Gasteiger partial charge in [0.25, 0.3) is 0 Å². The summed E-state index contributed by atoms with van der Waals surface area (Å²) in [5.41, 5.74) is 0.755. The normalized spacial score (nSPS) is 11.0. The van der Waals surface area contributed by atoms with Gasteiger partial charge in [-0.15, -0.1) is 0 Å². The summed E-state index contributed by atoms with van der Waals surface area (Å²) in [6.45, 7) is 0. The molecule has 0 amide bonds. The molecule has 2 aromatic rings. The van der Waals surface area contributed by atoms with Gasteiger partial charge in [0.1, 0.15) is 11.6 Å². The van der Waals surface area contributed by atoms with Crippen molar-refractivity contribution in [1.29, 1.82) is 5.26 Å². The van der Waals surface area contributed by atoms with E-state index in [1.807, 2.05) is 60.1 Å². The molecule has 1 aromatic carbocycles. The predicted molar refractivity (Wildman–Crippen MR) is 81.6 cm³/mol. The van der Waals surface area contributed by atoms with Crippen molar-refractivity contribution in [2.45, 2.75) is 9.92 Å². The fraction of sp³-hybridized carbons (Fsp3) is 0.125. The van der Waals surface area contributed by atoms with Crippen molar-refractivity contribution >= 4 is 23.8 Å². The molecule has 0 aliphatic rings. The van der Waals surface area contributed by atoms with Crippen LogP contribution in [0.1, 0.15) is 5.69 Å². The van der Waals surface area contributed by atoms with Gasteiger partial charge in [-0.05, 0) is 30.3 Å². The lowest BCUT2D eigenvalue weighted by molar-refractivity contribution is -0.135. The molecule has 0 saturated carbocycles. The van der Waals surface area contributed by atoms with Gasteiger partial charge in [0, 0.05) is 17.6 Å². The molecule has 0 saturated heterocycles. The molecule has 4 nitrogen and oxygen atoms in total. The van der Waals surface area contributed by atoms with Crippen molar-refractivity contribution < 1.29 is 9.53 Å². The first-order valence-corrected chi connectivity index (χ1v) is 7.06. The third kappa shape index (κ3) is 3.56. The Labute approximate surface area is 127 Å². The van der Waals surface area contributed by atoms with Crippen LogP contribution in [-0.4, -0.2) is 17.6 Å². The smallest absolute Gasteiger partial charge is 0.348 e. The molecule has 5 heteroatoms. The number of hydrogen-bond donors (Lipinski definition) is 0. The fourth-order valence-electron chi connectivity index (χ4n) is 1.76. The van der Waals surface area contributed by atoms with Crippen LogP contribution in [0.4, 0.5) is 0 Å². The molecule has 0 fully saturated rings. The van der Waals surface area contributed by atoms with Gasteiger partial charge >= 0.3 is 5.97 Å². The standard InChI is InChI=1S/C16H14N2O2S/c1-18-13(10-12(11-17)16(19)20-2)8-9-15(18)21-14-6-4-3-5-7-14/h3-10H,1-2H3/b12-10+. The van der Waals surface area contributed by atoms with Crippen LogP contribution in [0.15, 0.2) is 58.0 Å². The monoisotopic (exact) mass is 298 g/mol. The highest BCUT2D eigenvalue weighted by atomic mass is 32.2. The maximum atomic E-state index is 11.4. The molecular formula is C16H14N2O2S. The van der Waals surface area contributed by atoms with Crippen LogP contribution in [0.5, 0.6) is 0 Å². The second-order valence-electron chi connectivity index (χ2n) is 4.23. The van der Waals surface area contributed by atoms with E-state index in [-0.39, 0.29) is 5.57 Å². The van der Waals surface area contributed by atoms with Crippen molar-refractivity contribution in [3.05, 3.63) is 53.7 Å². The molecule has 1 aromatic heterocycles. The topological polar surface area (TPSA) is 55.0 Å². The Morgan fingerprint density at radius 2 is 2.00 bits per heavy atom. The molecule has 0 unspecified atom stereocenters. The SMILES string of the molecule is COC(=O)/C(C#N)=C/c1ccc(Sc2ccccc2)n1C. The number of methoxy groups -OCH3 is 1. The second kappa shape index (κ2) is 6.82. The number of esters is 1. The van der Waals surface area contributed by atoms with Gasteiger partial charge in [0.15, 0.2) is 0 Å². The van der Waals surface area contributed by atoms with Crippen molar-refractivity contribution in [1.82, 2.24) is 4.57 Å². The Morgan fingerprint density at radius 3 is 2.62 bits per heavy atom. The number of nitrogens with zero attached hydrogens (tertiary/aromatic N) is 2. The van der Waals surface area contributed by atoms with Gasteiger partial charge in [0.2, 0.25) is 0 Å². The number of ether oxygens (including phenoxy) is 1. The Hall–Kier alpha value is -2.45. The van der Waals surface area contributed by atoms with Crippen LogP contribution in [0.3, 0.4) is 0 Å². The van der Waals surface area contributed by atoms with Gasteiger partial charge < -0.3 is 9.30 Å². The van der Waals surface area contributed by atoms with E-state index in [1.165, 1.54) is 13.2 Å². The van der Waals surface area contributed by atoms with E-state index in [1.54, 1.807) is 11.8 Å². The molecule has 0 aliphatic heterocycles. The summed E-state index contributed by atoms with van der Waals surface area (Å²) >= 11 is 1.62. The van der Waals surface area contributed by atoms with Crippen LogP contribution >= 0.6 is 11.8 Å². The molecule has 0 bridgehead atoms. The molecule has 0 radical (unpaired) electrons. The van der Waals surface area contributed by atoms with E-state index < -0.39 is 5.97 Å². The highest BCUT2D eigenvalue weighted by Crippen LogP contribution is 2.29. The van der Waals surface area contributed by atoms with Gasteiger partial charge in [-0.2, -0.15) is 5.26 Å². The van der Waals surface area contributed by atoms with E-state index >= 15 is 0 Å². The van der Waals surface area contributed by atoms with Gasteiger partial charge in [-0.1, -0.05) is 30.0 Å². The van der Waals surface area contributed by atoms with Gasteiger partial charge in [-0.25, -0.2) is 4.79 Å². The van der Waals surface area contributed by atoms with E-state index in [9.17, 15) is 4.79 Å². The average Bonchev–Trinajstić information content (AvgIpc) is 2.85. The summed E-state index contributed by atoms with van der Waals surface area (Å²) in [5.74, 6) is -0.629. The zero-order chi connectivity index (χ0) is 15.2. The zero-order valence-electron chi connectivity index (χ0n) is 11.7. The average molecular weight is 298 g/mol. The summed E-state index contributed by atoms with van der Waals surface area (Å²) in [6, 6.07) is 15.7. The minimum absolute atomic E-state index is 0.0186. The number of aromatic nitrogens is 1. The minimum Gasteiger partial charge on any atom is -0.465 e.